The topological polar surface area (TPSA) is 76.3 Å². The first kappa shape index (κ1) is 25.6. The van der Waals surface area contributed by atoms with Crippen LogP contribution in [0.4, 0.5) is 0 Å². The lowest BCUT2D eigenvalue weighted by molar-refractivity contribution is -0.118. The molecule has 1 aliphatic rings. The van der Waals surface area contributed by atoms with Gasteiger partial charge in [-0.3, -0.25) is 14.2 Å². The lowest BCUT2D eigenvalue weighted by Gasteiger charge is -2.12. The number of hydrazone groups is 1. The lowest BCUT2D eigenvalue weighted by Crippen LogP contribution is -2.24. The summed E-state index contributed by atoms with van der Waals surface area (Å²) in [6, 6.07) is 25.1. The molecule has 39 heavy (non-hydrogen) atoms. The molecule has 0 spiro atoms. The number of thioether (sulfide) groups is 1. The number of rotatable bonds is 7. The van der Waals surface area contributed by atoms with E-state index in [4.69, 9.17) is 16.6 Å². The van der Waals surface area contributed by atoms with Gasteiger partial charge in [0.25, 0.3) is 11.5 Å². The quantitative estimate of drug-likeness (QED) is 0.105. The van der Waals surface area contributed by atoms with Gasteiger partial charge in [0.1, 0.15) is 4.83 Å². The number of carbonyl (C=O) groups is 1. The number of aryl methyl sites for hydroxylation is 2. The molecule has 1 N–H and O–H groups in total. The summed E-state index contributed by atoms with van der Waals surface area (Å²) in [6.07, 6.45) is 4.55. The molecule has 2 heterocycles. The number of aromatic nitrogens is 2. The van der Waals surface area contributed by atoms with Crippen molar-refractivity contribution in [3.63, 3.8) is 0 Å². The van der Waals surface area contributed by atoms with Crippen molar-refractivity contribution in [1.82, 2.24) is 15.0 Å². The highest BCUT2D eigenvalue weighted by Crippen LogP contribution is 2.36. The van der Waals surface area contributed by atoms with Crippen molar-refractivity contribution >= 4 is 57.0 Å². The molecule has 2 aromatic heterocycles. The number of hydrogen-bond donors (Lipinski definition) is 1. The average molecular weight is 571 g/mol. The first-order valence-electron chi connectivity index (χ1n) is 12.5. The van der Waals surface area contributed by atoms with E-state index < -0.39 is 0 Å². The minimum Gasteiger partial charge on any atom is -0.272 e. The van der Waals surface area contributed by atoms with Crippen LogP contribution < -0.4 is 11.0 Å². The number of fused-ring (bicyclic) bond motifs is 3. The molecule has 194 valence electrons. The first-order valence-corrected chi connectivity index (χ1v) is 14.7. The maximum absolute atomic E-state index is 13.7. The molecule has 0 saturated carbocycles. The van der Waals surface area contributed by atoms with E-state index in [0.29, 0.717) is 21.3 Å². The summed E-state index contributed by atoms with van der Waals surface area (Å²) in [7, 11) is 0. The van der Waals surface area contributed by atoms with Gasteiger partial charge in [-0.25, -0.2) is 10.4 Å². The molecule has 1 aliphatic carbocycles. The van der Waals surface area contributed by atoms with Gasteiger partial charge in [-0.2, -0.15) is 5.10 Å². The molecule has 0 fully saturated rings. The Bertz CT molecular complexity index is 1750. The van der Waals surface area contributed by atoms with Crippen LogP contribution in [0.2, 0.25) is 5.02 Å². The zero-order valence-electron chi connectivity index (χ0n) is 20.8. The summed E-state index contributed by atoms with van der Waals surface area (Å²) in [4.78, 5) is 33.1. The third kappa shape index (κ3) is 5.41. The predicted octanol–water partition coefficient (Wildman–Crippen LogP) is 6.50. The van der Waals surface area contributed by atoms with Crippen LogP contribution >= 0.6 is 34.7 Å². The molecule has 0 saturated heterocycles. The van der Waals surface area contributed by atoms with Crippen LogP contribution in [0.15, 0.2) is 93.9 Å². The average Bonchev–Trinajstić information content (AvgIpc) is 3.55. The molecule has 0 radical (unpaired) electrons. The molecule has 9 heteroatoms. The molecular weight excluding hydrogens is 548 g/mol. The number of hydrogen-bond acceptors (Lipinski definition) is 6. The predicted molar refractivity (Wildman–Crippen MR) is 161 cm³/mol. The highest BCUT2D eigenvalue weighted by atomic mass is 35.5. The Balaban J connectivity index is 1.18. The molecule has 0 atom stereocenters. The number of carbonyl (C=O) groups excluding carboxylic acids is 1. The Labute approximate surface area is 238 Å². The molecule has 0 bridgehead atoms. The Morgan fingerprint density at radius 2 is 1.77 bits per heavy atom. The van der Waals surface area contributed by atoms with Crippen LogP contribution in [0.5, 0.6) is 0 Å². The standard InChI is InChI=1S/C30H23ClN4O2S2/c31-22-13-15-23(16-14-22)35-29(37)27-24-7-4-8-25(24)39-28(27)33-30(35)38-18-26(36)34-32-17-19-9-11-21(12-10-19)20-5-2-1-3-6-20/h1-3,5-6,9-17H,4,7-8,18H2,(H,34,36). The molecular formula is C30H23ClN4O2S2. The molecule has 5 aromatic rings. The third-order valence-electron chi connectivity index (χ3n) is 6.55. The van der Waals surface area contributed by atoms with E-state index in [0.717, 1.165) is 46.3 Å². The van der Waals surface area contributed by atoms with Crippen LogP contribution in [0.25, 0.3) is 27.0 Å². The van der Waals surface area contributed by atoms with Crippen molar-refractivity contribution in [2.75, 3.05) is 5.75 Å². The van der Waals surface area contributed by atoms with Crippen LogP contribution in [0.3, 0.4) is 0 Å². The van der Waals surface area contributed by atoms with Gasteiger partial charge in [0.15, 0.2) is 5.16 Å². The van der Waals surface area contributed by atoms with Crippen molar-refractivity contribution in [1.29, 1.82) is 0 Å². The van der Waals surface area contributed by atoms with E-state index in [1.807, 2.05) is 42.5 Å². The zero-order valence-corrected chi connectivity index (χ0v) is 23.2. The van der Waals surface area contributed by atoms with Crippen LogP contribution in [0.1, 0.15) is 22.4 Å². The van der Waals surface area contributed by atoms with E-state index in [2.05, 4.69) is 22.7 Å². The van der Waals surface area contributed by atoms with Crippen molar-refractivity contribution in [2.45, 2.75) is 24.4 Å². The second-order valence-corrected chi connectivity index (χ2v) is 11.6. The Kier molecular flexibility index (Phi) is 7.32. The van der Waals surface area contributed by atoms with E-state index >= 15 is 0 Å². The fourth-order valence-electron chi connectivity index (χ4n) is 4.67. The minimum absolute atomic E-state index is 0.0565. The Morgan fingerprint density at radius 1 is 1.03 bits per heavy atom. The molecule has 3 aromatic carbocycles. The summed E-state index contributed by atoms with van der Waals surface area (Å²) in [5.74, 6) is -0.233. The van der Waals surface area contributed by atoms with Gasteiger partial charge in [-0.15, -0.1) is 11.3 Å². The van der Waals surface area contributed by atoms with Crippen molar-refractivity contribution in [3.05, 3.63) is 110 Å². The molecule has 1 amide bonds. The second kappa shape index (κ2) is 11.2. The van der Waals surface area contributed by atoms with Gasteiger partial charge in [-0.05, 0) is 65.8 Å². The number of benzene rings is 3. The van der Waals surface area contributed by atoms with Crippen LogP contribution in [-0.2, 0) is 17.6 Å². The largest absolute Gasteiger partial charge is 0.272 e. The van der Waals surface area contributed by atoms with Crippen molar-refractivity contribution < 1.29 is 4.79 Å². The Hall–Kier alpha value is -3.72. The minimum atomic E-state index is -0.289. The van der Waals surface area contributed by atoms with Gasteiger partial charge in [0.2, 0.25) is 0 Å². The van der Waals surface area contributed by atoms with Crippen LogP contribution in [0, 0.1) is 0 Å². The van der Waals surface area contributed by atoms with Crippen molar-refractivity contribution in [2.24, 2.45) is 5.10 Å². The number of amides is 1. The SMILES string of the molecule is O=C(CSc1nc2sc3c(c2c(=O)n1-c1ccc(Cl)cc1)CCC3)NN=Cc1ccc(-c2ccccc2)cc1. The number of nitrogens with one attached hydrogen (secondary N) is 1. The summed E-state index contributed by atoms with van der Waals surface area (Å²) in [6.45, 7) is 0. The first-order chi connectivity index (χ1) is 19.1. The van der Waals surface area contributed by atoms with Crippen LogP contribution in [-0.4, -0.2) is 27.4 Å². The highest BCUT2D eigenvalue weighted by molar-refractivity contribution is 7.99. The van der Waals surface area contributed by atoms with E-state index in [-0.39, 0.29) is 17.2 Å². The second-order valence-electron chi connectivity index (χ2n) is 9.12. The van der Waals surface area contributed by atoms with Gasteiger partial charge >= 0.3 is 0 Å². The number of nitrogens with zero attached hydrogens (tertiary/aromatic N) is 3. The molecule has 6 rings (SSSR count). The van der Waals surface area contributed by atoms with E-state index in [1.54, 1.807) is 46.4 Å². The third-order valence-corrected chi connectivity index (χ3v) is 8.92. The maximum atomic E-state index is 13.7. The summed E-state index contributed by atoms with van der Waals surface area (Å²) in [5, 5.41) is 5.85. The maximum Gasteiger partial charge on any atom is 0.267 e. The fraction of sp³-hybridized carbons (Fsp3) is 0.133. The molecule has 6 nitrogen and oxygen atoms in total. The smallest absolute Gasteiger partial charge is 0.267 e. The van der Waals surface area contributed by atoms with Crippen molar-refractivity contribution in [3.8, 4) is 16.8 Å². The van der Waals surface area contributed by atoms with E-state index in [1.165, 1.54) is 16.6 Å². The summed E-state index contributed by atoms with van der Waals surface area (Å²) >= 11 is 8.88. The fourth-order valence-corrected chi connectivity index (χ4v) is 6.91. The number of thiophene rings is 1. The monoisotopic (exact) mass is 570 g/mol. The normalized spacial score (nSPS) is 12.7. The summed E-state index contributed by atoms with van der Waals surface area (Å²) < 4.78 is 1.58. The van der Waals surface area contributed by atoms with Gasteiger partial charge in [0, 0.05) is 9.90 Å². The van der Waals surface area contributed by atoms with Gasteiger partial charge in [-0.1, -0.05) is 78.0 Å². The Morgan fingerprint density at radius 3 is 2.54 bits per heavy atom. The highest BCUT2D eigenvalue weighted by Gasteiger charge is 2.24. The molecule has 0 aliphatic heterocycles. The number of halogens is 1. The lowest BCUT2D eigenvalue weighted by atomic mass is 10.0. The zero-order chi connectivity index (χ0) is 26.8. The van der Waals surface area contributed by atoms with Gasteiger partial charge in [0.05, 0.1) is 23.0 Å². The molecule has 0 unspecified atom stereocenters. The van der Waals surface area contributed by atoms with Gasteiger partial charge < -0.3 is 0 Å². The summed E-state index contributed by atoms with van der Waals surface area (Å²) in [5.41, 5.74) is 7.38. The van der Waals surface area contributed by atoms with E-state index in [9.17, 15) is 9.59 Å².